The van der Waals surface area contributed by atoms with Crippen LogP contribution in [0.5, 0.6) is 0 Å². The number of rotatable bonds is 6. The number of nitrogens with two attached hydrogens (primary N) is 1. The largest absolute Gasteiger partial charge is 0.371 e. The molecule has 3 heteroatoms. The third-order valence-electron chi connectivity index (χ3n) is 3.19. The smallest absolute Gasteiger partial charge is 0.0414 e. The molecule has 0 saturated carbocycles. The third kappa shape index (κ3) is 3.65. The second-order valence-corrected chi connectivity index (χ2v) is 5.39. The van der Waals surface area contributed by atoms with Crippen LogP contribution in [0.25, 0.3) is 0 Å². The molecule has 0 fully saturated rings. The Morgan fingerprint density at radius 3 is 2.53 bits per heavy atom. The molecular formula is C14H24N2S. The molecule has 0 spiro atoms. The molecular weight excluding hydrogens is 228 g/mol. The molecule has 0 saturated heterocycles. The van der Waals surface area contributed by atoms with Crippen molar-refractivity contribution in [1.82, 2.24) is 0 Å². The average Bonchev–Trinajstić information content (AvgIpc) is 2.35. The third-order valence-corrected chi connectivity index (χ3v) is 3.90. The molecule has 0 aromatic heterocycles. The molecule has 0 aliphatic carbocycles. The highest BCUT2D eigenvalue weighted by Crippen LogP contribution is 2.26. The number of hydrogen-bond acceptors (Lipinski definition) is 3. The van der Waals surface area contributed by atoms with Gasteiger partial charge in [0.25, 0.3) is 0 Å². The van der Waals surface area contributed by atoms with E-state index in [4.69, 9.17) is 5.73 Å². The molecule has 0 heterocycles. The van der Waals surface area contributed by atoms with Gasteiger partial charge in [-0.15, -0.1) is 0 Å². The van der Waals surface area contributed by atoms with E-state index in [-0.39, 0.29) is 6.04 Å². The van der Waals surface area contributed by atoms with Crippen LogP contribution in [-0.2, 0) is 0 Å². The molecule has 1 aromatic carbocycles. The van der Waals surface area contributed by atoms with Crippen molar-refractivity contribution in [2.24, 2.45) is 5.73 Å². The van der Waals surface area contributed by atoms with Gasteiger partial charge in [-0.2, -0.15) is 11.8 Å². The van der Waals surface area contributed by atoms with Crippen molar-refractivity contribution in [2.45, 2.75) is 32.4 Å². The summed E-state index contributed by atoms with van der Waals surface area (Å²) in [6, 6.07) is 9.10. The van der Waals surface area contributed by atoms with E-state index in [1.165, 1.54) is 11.3 Å². The van der Waals surface area contributed by atoms with Gasteiger partial charge in [-0.05, 0) is 31.2 Å². The molecule has 0 aliphatic heterocycles. The van der Waals surface area contributed by atoms with Gasteiger partial charge < -0.3 is 10.6 Å². The Morgan fingerprint density at radius 2 is 2.00 bits per heavy atom. The van der Waals surface area contributed by atoms with Gasteiger partial charge in [0.1, 0.15) is 0 Å². The molecule has 0 radical (unpaired) electrons. The molecule has 2 nitrogen and oxygen atoms in total. The summed E-state index contributed by atoms with van der Waals surface area (Å²) >= 11 is 1.90. The maximum Gasteiger partial charge on any atom is 0.0414 e. The van der Waals surface area contributed by atoms with E-state index in [0.717, 1.165) is 12.2 Å². The standard InChI is InChI=1S/C14H24N2S/c1-5-12(10-17-4)16(3)14-9-7-6-8-13(14)11(2)15/h6-9,11-12H,5,10,15H2,1-4H3. The first-order chi connectivity index (χ1) is 8.11. The summed E-state index contributed by atoms with van der Waals surface area (Å²) in [7, 11) is 2.17. The molecule has 1 rings (SSSR count). The second-order valence-electron chi connectivity index (χ2n) is 4.48. The highest BCUT2D eigenvalue weighted by Gasteiger charge is 2.16. The van der Waals surface area contributed by atoms with Gasteiger partial charge in [-0.1, -0.05) is 25.1 Å². The Kier molecular flexibility index (Phi) is 5.86. The zero-order valence-electron chi connectivity index (χ0n) is 11.3. The minimum absolute atomic E-state index is 0.0837. The van der Waals surface area contributed by atoms with Crippen LogP contribution in [-0.4, -0.2) is 25.1 Å². The predicted molar refractivity (Wildman–Crippen MR) is 79.9 cm³/mol. The highest BCUT2D eigenvalue weighted by molar-refractivity contribution is 7.98. The maximum absolute atomic E-state index is 6.04. The van der Waals surface area contributed by atoms with Crippen molar-refractivity contribution < 1.29 is 0 Å². The summed E-state index contributed by atoms with van der Waals surface area (Å²) in [4.78, 5) is 2.37. The SMILES string of the molecule is CCC(CSC)N(C)c1ccccc1C(C)N. The Bertz CT molecular complexity index is 339. The topological polar surface area (TPSA) is 29.3 Å². The summed E-state index contributed by atoms with van der Waals surface area (Å²) in [6.07, 6.45) is 3.32. The number of anilines is 1. The molecule has 2 N–H and O–H groups in total. The van der Waals surface area contributed by atoms with Crippen molar-refractivity contribution in [3.05, 3.63) is 29.8 Å². The van der Waals surface area contributed by atoms with Gasteiger partial charge in [0.15, 0.2) is 0 Å². The van der Waals surface area contributed by atoms with E-state index in [0.29, 0.717) is 6.04 Å². The number of benzene rings is 1. The molecule has 0 aliphatic rings. The zero-order chi connectivity index (χ0) is 12.8. The van der Waals surface area contributed by atoms with Crippen LogP contribution in [0.2, 0.25) is 0 Å². The van der Waals surface area contributed by atoms with E-state index < -0.39 is 0 Å². The monoisotopic (exact) mass is 252 g/mol. The van der Waals surface area contributed by atoms with Crippen molar-refractivity contribution in [2.75, 3.05) is 24.0 Å². The second kappa shape index (κ2) is 6.92. The average molecular weight is 252 g/mol. The number of thioether (sulfide) groups is 1. The van der Waals surface area contributed by atoms with Crippen LogP contribution in [0.3, 0.4) is 0 Å². The van der Waals surface area contributed by atoms with Gasteiger partial charge in [-0.25, -0.2) is 0 Å². The van der Waals surface area contributed by atoms with Crippen LogP contribution in [0.1, 0.15) is 31.9 Å². The number of nitrogens with zero attached hydrogens (tertiary/aromatic N) is 1. The maximum atomic E-state index is 6.04. The molecule has 2 unspecified atom stereocenters. The van der Waals surface area contributed by atoms with Gasteiger partial charge in [0, 0.05) is 30.6 Å². The Balaban J connectivity index is 2.97. The first kappa shape index (κ1) is 14.4. The first-order valence-corrected chi connectivity index (χ1v) is 7.57. The number of para-hydroxylation sites is 1. The van der Waals surface area contributed by atoms with E-state index in [2.05, 4.69) is 49.4 Å². The lowest BCUT2D eigenvalue weighted by Crippen LogP contribution is -2.34. The van der Waals surface area contributed by atoms with Gasteiger partial charge in [0.05, 0.1) is 0 Å². The van der Waals surface area contributed by atoms with Gasteiger partial charge in [-0.3, -0.25) is 0 Å². The fourth-order valence-electron chi connectivity index (χ4n) is 2.09. The van der Waals surface area contributed by atoms with Crippen LogP contribution in [0.4, 0.5) is 5.69 Å². The molecule has 17 heavy (non-hydrogen) atoms. The van der Waals surface area contributed by atoms with Crippen LogP contribution in [0, 0.1) is 0 Å². The quantitative estimate of drug-likeness (QED) is 0.842. The summed E-state index contributed by atoms with van der Waals surface area (Å²) < 4.78 is 0. The molecule has 1 aromatic rings. The molecule has 2 atom stereocenters. The lowest BCUT2D eigenvalue weighted by molar-refractivity contribution is 0.666. The fourth-order valence-corrected chi connectivity index (χ4v) is 2.93. The van der Waals surface area contributed by atoms with Crippen molar-refractivity contribution >= 4 is 17.4 Å². The summed E-state index contributed by atoms with van der Waals surface area (Å²) in [5.41, 5.74) is 8.53. The lowest BCUT2D eigenvalue weighted by atomic mass is 10.0. The van der Waals surface area contributed by atoms with Gasteiger partial charge >= 0.3 is 0 Å². The lowest BCUT2D eigenvalue weighted by Gasteiger charge is -2.31. The molecule has 96 valence electrons. The summed E-state index contributed by atoms with van der Waals surface area (Å²) in [6.45, 7) is 4.29. The highest BCUT2D eigenvalue weighted by atomic mass is 32.2. The minimum Gasteiger partial charge on any atom is -0.371 e. The van der Waals surface area contributed by atoms with Crippen molar-refractivity contribution in [3.8, 4) is 0 Å². The predicted octanol–water partition coefficient (Wildman–Crippen LogP) is 3.28. The van der Waals surface area contributed by atoms with E-state index >= 15 is 0 Å². The van der Waals surface area contributed by atoms with Gasteiger partial charge in [0.2, 0.25) is 0 Å². The zero-order valence-corrected chi connectivity index (χ0v) is 12.1. The molecule has 0 bridgehead atoms. The number of hydrogen-bond donors (Lipinski definition) is 1. The fraction of sp³-hybridized carbons (Fsp3) is 0.571. The first-order valence-electron chi connectivity index (χ1n) is 6.18. The van der Waals surface area contributed by atoms with E-state index in [1.54, 1.807) is 0 Å². The molecule has 0 amide bonds. The van der Waals surface area contributed by atoms with Crippen molar-refractivity contribution in [1.29, 1.82) is 0 Å². The van der Waals surface area contributed by atoms with E-state index in [9.17, 15) is 0 Å². The Labute approximate surface area is 110 Å². The summed E-state index contributed by atoms with van der Waals surface area (Å²) in [5.74, 6) is 1.15. The van der Waals surface area contributed by atoms with E-state index in [1.807, 2.05) is 18.7 Å². The normalized spacial score (nSPS) is 14.4. The summed E-state index contributed by atoms with van der Waals surface area (Å²) in [5, 5.41) is 0. The Morgan fingerprint density at radius 1 is 1.35 bits per heavy atom. The van der Waals surface area contributed by atoms with Crippen LogP contribution in [0.15, 0.2) is 24.3 Å². The van der Waals surface area contributed by atoms with Crippen molar-refractivity contribution in [3.63, 3.8) is 0 Å². The Hall–Kier alpha value is -0.670. The van der Waals surface area contributed by atoms with Crippen LogP contribution >= 0.6 is 11.8 Å². The minimum atomic E-state index is 0.0837. The van der Waals surface area contributed by atoms with Crippen LogP contribution < -0.4 is 10.6 Å².